The molecule has 0 atom stereocenters. The Morgan fingerprint density at radius 2 is 2.04 bits per heavy atom. The summed E-state index contributed by atoms with van der Waals surface area (Å²) in [4.78, 5) is 16.5. The normalized spacial score (nSPS) is 16.0. The topological polar surface area (TPSA) is 88.2 Å². The molecule has 1 aromatic rings. The molecule has 140 valence electrons. The van der Waals surface area contributed by atoms with Crippen molar-refractivity contribution < 1.29 is 22.8 Å². The summed E-state index contributed by atoms with van der Waals surface area (Å²) in [7, 11) is -0.730. The Bertz CT molecular complexity index is 707. The minimum atomic E-state index is -3.58. The number of ether oxygens (including phenoxy) is 1. The molecule has 25 heavy (non-hydrogen) atoms. The molecule has 2 rings (SSSR count). The largest absolute Gasteiger partial charge is 0.367 e. The van der Waals surface area contributed by atoms with E-state index in [4.69, 9.17) is 21.2 Å². The van der Waals surface area contributed by atoms with Gasteiger partial charge in [-0.15, -0.1) is 0 Å². The third kappa shape index (κ3) is 5.13. The summed E-state index contributed by atoms with van der Waals surface area (Å²) in [6.07, 6.45) is 0. The second kappa shape index (κ2) is 8.93. The third-order valence-electron chi connectivity index (χ3n) is 3.84. The first-order valence-electron chi connectivity index (χ1n) is 7.74. The number of amides is 1. The maximum absolute atomic E-state index is 12.7. The van der Waals surface area contributed by atoms with E-state index in [1.165, 1.54) is 36.7 Å². The second-order valence-electron chi connectivity index (χ2n) is 5.47. The Balaban J connectivity index is 2.08. The van der Waals surface area contributed by atoms with Gasteiger partial charge in [0.15, 0.2) is 0 Å². The molecule has 1 heterocycles. The zero-order valence-corrected chi connectivity index (χ0v) is 15.8. The van der Waals surface area contributed by atoms with Gasteiger partial charge < -0.3 is 10.1 Å². The Morgan fingerprint density at radius 1 is 1.36 bits per heavy atom. The molecular weight excluding hydrogens is 370 g/mol. The van der Waals surface area contributed by atoms with Crippen LogP contribution in [0.3, 0.4) is 0 Å². The Kier molecular flexibility index (Phi) is 7.17. The zero-order valence-electron chi connectivity index (χ0n) is 14.2. The van der Waals surface area contributed by atoms with Crippen LogP contribution in [0.1, 0.15) is 5.56 Å². The maximum atomic E-state index is 12.7. The lowest BCUT2D eigenvalue weighted by Gasteiger charge is -2.26. The van der Waals surface area contributed by atoms with Crippen molar-refractivity contribution in [1.29, 1.82) is 0 Å². The van der Waals surface area contributed by atoms with Crippen LogP contribution in [0.5, 0.6) is 0 Å². The van der Waals surface area contributed by atoms with Crippen molar-refractivity contribution in [2.75, 3.05) is 46.9 Å². The number of carbonyl (C=O) groups is 1. The van der Waals surface area contributed by atoms with Gasteiger partial charge >= 0.3 is 0 Å². The minimum absolute atomic E-state index is 0.0209. The van der Waals surface area contributed by atoms with E-state index in [0.717, 1.165) is 5.06 Å². The molecule has 8 nitrogen and oxygen atoms in total. The van der Waals surface area contributed by atoms with Crippen molar-refractivity contribution in [3.05, 3.63) is 28.8 Å². The first-order chi connectivity index (χ1) is 11.9. The first-order valence-corrected chi connectivity index (χ1v) is 9.55. The number of halogens is 1. The van der Waals surface area contributed by atoms with Crippen molar-refractivity contribution in [2.24, 2.45) is 0 Å². The van der Waals surface area contributed by atoms with Crippen LogP contribution < -0.4 is 5.32 Å². The monoisotopic (exact) mass is 391 g/mol. The maximum Gasteiger partial charge on any atom is 0.271 e. The Hall–Kier alpha value is -1.23. The van der Waals surface area contributed by atoms with Gasteiger partial charge in [-0.25, -0.2) is 13.5 Å². The molecule has 1 amide bonds. The molecule has 0 aliphatic carbocycles. The summed E-state index contributed by atoms with van der Waals surface area (Å²) in [5.74, 6) is -0.358. The lowest BCUT2D eigenvalue weighted by atomic mass is 10.2. The van der Waals surface area contributed by atoms with Crippen LogP contribution in [0.4, 0.5) is 0 Å². The van der Waals surface area contributed by atoms with Gasteiger partial charge in [-0.1, -0.05) is 11.6 Å². The van der Waals surface area contributed by atoms with Crippen molar-refractivity contribution in [1.82, 2.24) is 14.7 Å². The van der Waals surface area contributed by atoms with Gasteiger partial charge in [0.2, 0.25) is 10.0 Å². The van der Waals surface area contributed by atoms with Crippen molar-refractivity contribution in [2.45, 2.75) is 11.5 Å². The minimum Gasteiger partial charge on any atom is -0.367 e. The number of benzene rings is 1. The van der Waals surface area contributed by atoms with Crippen LogP contribution in [0.15, 0.2) is 23.1 Å². The average Bonchev–Trinajstić information content (AvgIpc) is 2.63. The van der Waals surface area contributed by atoms with E-state index in [1.807, 2.05) is 0 Å². The summed E-state index contributed by atoms with van der Waals surface area (Å²) in [5, 5.41) is 4.55. The Morgan fingerprint density at radius 3 is 2.68 bits per heavy atom. The molecule has 10 heteroatoms. The van der Waals surface area contributed by atoms with E-state index in [-0.39, 0.29) is 24.0 Å². The van der Waals surface area contributed by atoms with Crippen LogP contribution in [0.25, 0.3) is 0 Å². The number of hydrogen-bond acceptors (Lipinski definition) is 6. The number of nitrogens with one attached hydrogen (secondary N) is 1. The molecule has 0 aromatic heterocycles. The fourth-order valence-corrected chi connectivity index (χ4v) is 3.96. The first kappa shape index (κ1) is 20.1. The van der Waals surface area contributed by atoms with Gasteiger partial charge in [-0.05, 0) is 23.8 Å². The number of carbonyl (C=O) groups excluding carboxylic acids is 1. The number of nitrogens with zero attached hydrogens (tertiary/aromatic N) is 2. The van der Waals surface area contributed by atoms with Crippen LogP contribution in [0, 0.1) is 0 Å². The van der Waals surface area contributed by atoms with Gasteiger partial charge in [0.1, 0.15) is 6.61 Å². The van der Waals surface area contributed by atoms with Crippen LogP contribution in [-0.2, 0) is 31.0 Å². The number of hydrogen-bond donors (Lipinski definition) is 1. The van der Waals surface area contributed by atoms with E-state index in [1.54, 1.807) is 0 Å². The van der Waals surface area contributed by atoms with Gasteiger partial charge in [0.05, 0.1) is 18.6 Å². The standard InChI is InChI=1S/C15H22ClN3O5S/c1-18(23-2)15(20)11-24-10-12-9-13(3-4-14(12)16)25(21,22)19-7-5-17-6-8-19/h3-4,9,17H,5-8,10-11H2,1-2H3. The lowest BCUT2D eigenvalue weighted by molar-refractivity contribution is -0.173. The van der Waals surface area contributed by atoms with Crippen LogP contribution in [-0.4, -0.2) is 70.6 Å². The van der Waals surface area contributed by atoms with E-state index < -0.39 is 10.0 Å². The van der Waals surface area contributed by atoms with Crippen molar-refractivity contribution >= 4 is 27.5 Å². The summed E-state index contributed by atoms with van der Waals surface area (Å²) >= 11 is 6.12. The number of likely N-dealkylation sites (N-methyl/N-ethyl adjacent to an activating group) is 1. The molecule has 1 fully saturated rings. The van der Waals surface area contributed by atoms with Crippen molar-refractivity contribution in [3.8, 4) is 0 Å². The molecule has 1 aromatic carbocycles. The molecule has 0 radical (unpaired) electrons. The van der Waals surface area contributed by atoms with Gasteiger partial charge in [0, 0.05) is 38.2 Å². The number of rotatable bonds is 7. The molecule has 1 N–H and O–H groups in total. The SMILES string of the molecule is CON(C)C(=O)COCc1cc(S(=O)(=O)N2CCNCC2)ccc1Cl. The Labute approximate surface area is 152 Å². The zero-order chi connectivity index (χ0) is 18.4. The number of sulfonamides is 1. The van der Waals surface area contributed by atoms with Crippen LogP contribution >= 0.6 is 11.6 Å². The summed E-state index contributed by atoms with van der Waals surface area (Å²) in [5.41, 5.74) is 0.505. The quantitative estimate of drug-likeness (QED) is 0.680. The molecule has 0 saturated carbocycles. The molecule has 1 aliphatic heterocycles. The highest BCUT2D eigenvalue weighted by atomic mass is 35.5. The molecule has 1 saturated heterocycles. The molecule has 0 spiro atoms. The highest BCUT2D eigenvalue weighted by Gasteiger charge is 2.26. The summed E-state index contributed by atoms with van der Waals surface area (Å²) in [6.45, 7) is 1.92. The fraction of sp³-hybridized carbons (Fsp3) is 0.533. The highest BCUT2D eigenvalue weighted by Crippen LogP contribution is 2.24. The van der Waals surface area contributed by atoms with Crippen molar-refractivity contribution in [3.63, 3.8) is 0 Å². The molecular formula is C15H22ClN3O5S. The lowest BCUT2D eigenvalue weighted by Crippen LogP contribution is -2.46. The smallest absolute Gasteiger partial charge is 0.271 e. The van der Waals surface area contributed by atoms with E-state index >= 15 is 0 Å². The summed E-state index contributed by atoms with van der Waals surface area (Å²) < 4.78 is 32.2. The fourth-order valence-electron chi connectivity index (χ4n) is 2.30. The second-order valence-corrected chi connectivity index (χ2v) is 7.82. The highest BCUT2D eigenvalue weighted by molar-refractivity contribution is 7.89. The van der Waals surface area contributed by atoms with Gasteiger partial charge in [-0.2, -0.15) is 4.31 Å². The van der Waals surface area contributed by atoms with Gasteiger partial charge in [-0.3, -0.25) is 9.63 Å². The van der Waals surface area contributed by atoms with E-state index in [9.17, 15) is 13.2 Å². The van der Waals surface area contributed by atoms with Crippen LogP contribution in [0.2, 0.25) is 5.02 Å². The van der Waals surface area contributed by atoms with E-state index in [0.29, 0.717) is 36.8 Å². The van der Waals surface area contributed by atoms with E-state index in [2.05, 4.69) is 5.32 Å². The summed E-state index contributed by atoms with van der Waals surface area (Å²) in [6, 6.07) is 4.50. The predicted molar refractivity (Wildman–Crippen MR) is 92.5 cm³/mol. The molecule has 1 aliphatic rings. The third-order valence-corrected chi connectivity index (χ3v) is 6.10. The number of hydroxylamine groups is 2. The average molecular weight is 392 g/mol. The number of piperazine rings is 1. The molecule has 0 bridgehead atoms. The van der Waals surface area contributed by atoms with Gasteiger partial charge in [0.25, 0.3) is 5.91 Å². The molecule has 0 unspecified atom stereocenters. The predicted octanol–water partition coefficient (Wildman–Crippen LogP) is 0.470.